The molecule has 0 saturated heterocycles. The van der Waals surface area contributed by atoms with Crippen molar-refractivity contribution < 1.29 is 9.53 Å². The number of aromatic nitrogens is 1. The summed E-state index contributed by atoms with van der Waals surface area (Å²) in [5.41, 5.74) is 4.24. The number of hydrogen-bond donors (Lipinski definition) is 1. The maximum Gasteiger partial charge on any atom is 0.258 e. The van der Waals surface area contributed by atoms with Crippen molar-refractivity contribution in [1.82, 2.24) is 10.3 Å². The highest BCUT2D eigenvalue weighted by Crippen LogP contribution is 2.25. The van der Waals surface area contributed by atoms with Crippen molar-refractivity contribution in [2.75, 3.05) is 6.61 Å². The van der Waals surface area contributed by atoms with Crippen LogP contribution in [0, 0.1) is 20.8 Å². The largest absolute Gasteiger partial charge is 0.483 e. The number of carbonyl (C=O) groups is 1. The van der Waals surface area contributed by atoms with Crippen LogP contribution >= 0.6 is 0 Å². The average molecular weight is 284 g/mol. The zero-order chi connectivity index (χ0) is 15.2. The number of hydrogen-bond acceptors (Lipinski definition) is 3. The van der Waals surface area contributed by atoms with Crippen LogP contribution in [0.4, 0.5) is 0 Å². The number of nitrogens with one attached hydrogen (secondary N) is 1. The van der Waals surface area contributed by atoms with E-state index in [-0.39, 0.29) is 12.5 Å². The molecule has 0 saturated carbocycles. The summed E-state index contributed by atoms with van der Waals surface area (Å²) in [5.74, 6) is 0.658. The first-order valence-electron chi connectivity index (χ1n) is 6.93. The van der Waals surface area contributed by atoms with Crippen molar-refractivity contribution >= 4 is 5.91 Å². The van der Waals surface area contributed by atoms with Gasteiger partial charge in [-0.2, -0.15) is 0 Å². The van der Waals surface area contributed by atoms with E-state index in [1.807, 2.05) is 39.0 Å². The van der Waals surface area contributed by atoms with Gasteiger partial charge in [0, 0.05) is 18.9 Å². The summed E-state index contributed by atoms with van der Waals surface area (Å²) in [6.45, 7) is 6.50. The lowest BCUT2D eigenvalue weighted by Crippen LogP contribution is -2.28. The van der Waals surface area contributed by atoms with E-state index >= 15 is 0 Å². The Balaban J connectivity index is 1.89. The zero-order valence-corrected chi connectivity index (χ0v) is 12.6. The third kappa shape index (κ3) is 4.05. The van der Waals surface area contributed by atoms with Crippen LogP contribution in [-0.2, 0) is 11.3 Å². The van der Waals surface area contributed by atoms with Crippen molar-refractivity contribution in [3.8, 4) is 5.75 Å². The smallest absolute Gasteiger partial charge is 0.258 e. The van der Waals surface area contributed by atoms with Crippen molar-refractivity contribution in [3.05, 3.63) is 58.9 Å². The normalized spacial score (nSPS) is 10.2. The molecule has 0 aliphatic heterocycles. The fraction of sp³-hybridized carbons (Fsp3) is 0.294. The van der Waals surface area contributed by atoms with Crippen LogP contribution in [0.2, 0.25) is 0 Å². The van der Waals surface area contributed by atoms with Gasteiger partial charge in [-0.3, -0.25) is 9.78 Å². The van der Waals surface area contributed by atoms with Gasteiger partial charge in [0.05, 0.1) is 0 Å². The zero-order valence-electron chi connectivity index (χ0n) is 12.6. The van der Waals surface area contributed by atoms with Crippen LogP contribution in [0.25, 0.3) is 0 Å². The molecule has 0 bridgehead atoms. The fourth-order valence-corrected chi connectivity index (χ4v) is 2.04. The molecule has 1 N–H and O–H groups in total. The lowest BCUT2D eigenvalue weighted by Gasteiger charge is -2.13. The SMILES string of the molecule is Cc1ccc(C)c(OCC(=O)NCc2cccnc2)c1C. The van der Waals surface area contributed by atoms with Crippen LogP contribution in [0.5, 0.6) is 5.75 Å². The summed E-state index contributed by atoms with van der Waals surface area (Å²) in [6, 6.07) is 7.83. The number of ether oxygens (including phenoxy) is 1. The molecular weight excluding hydrogens is 264 g/mol. The van der Waals surface area contributed by atoms with Gasteiger partial charge in [0.25, 0.3) is 5.91 Å². The maximum atomic E-state index is 11.8. The van der Waals surface area contributed by atoms with Crippen LogP contribution in [-0.4, -0.2) is 17.5 Å². The summed E-state index contributed by atoms with van der Waals surface area (Å²) in [5, 5.41) is 2.82. The van der Waals surface area contributed by atoms with Gasteiger partial charge in [-0.1, -0.05) is 18.2 Å². The second-order valence-corrected chi connectivity index (χ2v) is 5.08. The Morgan fingerprint density at radius 3 is 2.67 bits per heavy atom. The van der Waals surface area contributed by atoms with E-state index in [0.717, 1.165) is 28.0 Å². The van der Waals surface area contributed by atoms with E-state index in [9.17, 15) is 4.79 Å². The van der Waals surface area contributed by atoms with Crippen molar-refractivity contribution in [3.63, 3.8) is 0 Å². The predicted molar refractivity (Wildman–Crippen MR) is 82.2 cm³/mol. The van der Waals surface area contributed by atoms with Gasteiger partial charge in [0.15, 0.2) is 6.61 Å². The minimum absolute atomic E-state index is 0.0192. The molecule has 2 aromatic rings. The van der Waals surface area contributed by atoms with Crippen LogP contribution in [0.1, 0.15) is 22.3 Å². The van der Waals surface area contributed by atoms with Gasteiger partial charge in [-0.15, -0.1) is 0 Å². The van der Waals surface area contributed by atoms with Crippen molar-refractivity contribution in [2.24, 2.45) is 0 Å². The summed E-state index contributed by atoms with van der Waals surface area (Å²) < 4.78 is 5.67. The second-order valence-electron chi connectivity index (χ2n) is 5.08. The molecule has 1 aromatic carbocycles. The molecule has 0 atom stereocenters. The average Bonchev–Trinajstić information content (AvgIpc) is 2.50. The van der Waals surface area contributed by atoms with Crippen LogP contribution in [0.15, 0.2) is 36.7 Å². The van der Waals surface area contributed by atoms with Gasteiger partial charge in [0.1, 0.15) is 5.75 Å². The fourth-order valence-electron chi connectivity index (χ4n) is 2.04. The van der Waals surface area contributed by atoms with Gasteiger partial charge >= 0.3 is 0 Å². The van der Waals surface area contributed by atoms with E-state index in [1.165, 1.54) is 0 Å². The molecule has 21 heavy (non-hydrogen) atoms. The molecule has 4 nitrogen and oxygen atoms in total. The molecule has 2 rings (SSSR count). The first-order valence-corrected chi connectivity index (χ1v) is 6.93. The first-order chi connectivity index (χ1) is 10.1. The van der Waals surface area contributed by atoms with E-state index in [2.05, 4.69) is 16.4 Å². The lowest BCUT2D eigenvalue weighted by molar-refractivity contribution is -0.123. The van der Waals surface area contributed by atoms with E-state index in [4.69, 9.17) is 4.74 Å². The Morgan fingerprint density at radius 1 is 1.19 bits per heavy atom. The third-order valence-corrected chi connectivity index (χ3v) is 3.43. The quantitative estimate of drug-likeness (QED) is 0.918. The van der Waals surface area contributed by atoms with Gasteiger partial charge in [0.2, 0.25) is 0 Å². The number of pyridine rings is 1. The van der Waals surface area contributed by atoms with Crippen molar-refractivity contribution in [2.45, 2.75) is 27.3 Å². The highest BCUT2D eigenvalue weighted by atomic mass is 16.5. The summed E-state index contributed by atoms with van der Waals surface area (Å²) in [6.07, 6.45) is 3.44. The molecule has 0 fully saturated rings. The highest BCUT2D eigenvalue weighted by molar-refractivity contribution is 5.77. The monoisotopic (exact) mass is 284 g/mol. The predicted octanol–water partition coefficient (Wildman–Crippen LogP) is 2.70. The van der Waals surface area contributed by atoms with E-state index in [1.54, 1.807) is 12.4 Å². The number of rotatable bonds is 5. The molecule has 4 heteroatoms. The number of amides is 1. The molecule has 0 aliphatic carbocycles. The molecule has 0 aliphatic rings. The number of benzene rings is 1. The first kappa shape index (κ1) is 15.0. The van der Waals surface area contributed by atoms with Crippen LogP contribution in [0.3, 0.4) is 0 Å². The van der Waals surface area contributed by atoms with E-state index < -0.39 is 0 Å². The number of nitrogens with zero attached hydrogens (tertiary/aromatic N) is 1. The topological polar surface area (TPSA) is 51.2 Å². The minimum Gasteiger partial charge on any atom is -0.483 e. The Morgan fingerprint density at radius 2 is 1.95 bits per heavy atom. The van der Waals surface area contributed by atoms with Crippen molar-refractivity contribution in [1.29, 1.82) is 0 Å². The Hall–Kier alpha value is -2.36. The standard InChI is InChI=1S/C17H20N2O2/c1-12-6-7-13(2)17(14(12)3)21-11-16(20)19-10-15-5-4-8-18-9-15/h4-9H,10-11H2,1-3H3,(H,19,20). The van der Waals surface area contributed by atoms with Gasteiger partial charge < -0.3 is 10.1 Å². The Bertz CT molecular complexity index is 624. The number of carbonyl (C=O) groups excluding carboxylic acids is 1. The molecule has 0 spiro atoms. The van der Waals surface area contributed by atoms with E-state index in [0.29, 0.717) is 6.54 Å². The summed E-state index contributed by atoms with van der Waals surface area (Å²) in [7, 11) is 0. The highest BCUT2D eigenvalue weighted by Gasteiger charge is 2.09. The molecule has 1 aromatic heterocycles. The van der Waals surface area contributed by atoms with Crippen LogP contribution < -0.4 is 10.1 Å². The Kier molecular flexibility index (Phi) is 4.93. The summed E-state index contributed by atoms with van der Waals surface area (Å²) >= 11 is 0. The molecule has 1 amide bonds. The number of aryl methyl sites for hydroxylation is 2. The van der Waals surface area contributed by atoms with Gasteiger partial charge in [-0.05, 0) is 49.1 Å². The molecule has 1 heterocycles. The second kappa shape index (κ2) is 6.88. The third-order valence-electron chi connectivity index (χ3n) is 3.43. The summed E-state index contributed by atoms with van der Waals surface area (Å²) in [4.78, 5) is 15.8. The Labute approximate surface area is 125 Å². The lowest BCUT2D eigenvalue weighted by atomic mass is 10.1. The maximum absolute atomic E-state index is 11.8. The minimum atomic E-state index is -0.140. The van der Waals surface area contributed by atoms with Gasteiger partial charge in [-0.25, -0.2) is 0 Å². The molecule has 0 radical (unpaired) electrons. The molecule has 110 valence electrons. The molecule has 0 unspecified atom stereocenters. The molecular formula is C17H20N2O2.